The number of amides is 12. The van der Waals surface area contributed by atoms with Gasteiger partial charge >= 0.3 is 6.09 Å². The van der Waals surface area contributed by atoms with Crippen molar-refractivity contribution in [3.63, 3.8) is 0 Å². The zero-order chi connectivity index (χ0) is 89.6. The number of Topliss-reactive ketones (excluding diaryl/α,β-unsaturated/α-hetero) is 1. The average Bonchev–Trinajstić information content (AvgIpc) is 1.55. The van der Waals surface area contributed by atoms with E-state index in [2.05, 4.69) is 51.6 Å². The number of carbonyl (C=O) groups is 13. The lowest BCUT2D eigenvalue weighted by atomic mass is 9.88. The van der Waals surface area contributed by atoms with Crippen LogP contribution >= 0.6 is 0 Å². The van der Waals surface area contributed by atoms with Gasteiger partial charge in [-0.2, -0.15) is 4.98 Å². The Hall–Kier alpha value is -10.8. The molecule has 3 aromatic carbocycles. The van der Waals surface area contributed by atoms with Gasteiger partial charge in [0.25, 0.3) is 11.8 Å². The van der Waals surface area contributed by atoms with Gasteiger partial charge in [-0.15, -0.1) is 0 Å². The lowest BCUT2D eigenvalue weighted by molar-refractivity contribution is -0.139. The number of likely N-dealkylation sites (N-methyl/N-ethyl adjacent to an activating group) is 1. The molecule has 11 rings (SSSR count). The molecule has 4 aromatic rings. The van der Waals surface area contributed by atoms with Gasteiger partial charge in [-0.05, 0) is 112 Å². The molecule has 126 heavy (non-hydrogen) atoms. The van der Waals surface area contributed by atoms with E-state index in [-0.39, 0.29) is 188 Å². The van der Waals surface area contributed by atoms with Crippen molar-refractivity contribution in [1.29, 1.82) is 0 Å². The zero-order valence-corrected chi connectivity index (χ0v) is 73.1. The monoisotopic (exact) mass is 1750 g/mol. The average molecular weight is 1750 g/mol. The summed E-state index contributed by atoms with van der Waals surface area (Å²) >= 11 is 0. The molecule has 4 saturated heterocycles. The SMILES string of the molecule is CC[C@@H]1C(=O)N(C)c2cnc(Nc3ccc(C(=O)NC4CCN(CCOCCCN(C(=O)OCc5ccc(NC(=O)[C@H](CCCCC(N)=O)NC(=O)[C@@H](CC(=O)CCOCCOCCOCCOCCOCCNC(=O)CCN6C(=O)CCC6=O)C(C)C)cc5)C5CN(c6cccc7c6CN(C6CCC(=O)NC6=O)C7=O)C5)CC4)cc3OC)nc2N1C1CCCC1. The highest BCUT2D eigenvalue weighted by atomic mass is 16.6. The maximum absolute atomic E-state index is 14.4. The molecule has 7 heterocycles. The summed E-state index contributed by atoms with van der Waals surface area (Å²) in [7, 11) is 3.31. The number of ether oxygens (including phenoxy) is 8. The Morgan fingerprint density at radius 3 is 2.06 bits per heavy atom. The number of imide groups is 2. The van der Waals surface area contributed by atoms with Crippen molar-refractivity contribution in [2.45, 2.75) is 192 Å². The quantitative estimate of drug-likeness (QED) is 0.0213. The lowest BCUT2D eigenvalue weighted by Gasteiger charge is -2.46. The molecule has 0 radical (unpaired) electrons. The van der Waals surface area contributed by atoms with Crippen LogP contribution in [0.25, 0.3) is 0 Å². The number of rotatable bonds is 52. The Bertz CT molecular complexity index is 4410. The molecule has 7 aliphatic rings. The summed E-state index contributed by atoms with van der Waals surface area (Å²) < 4.78 is 45.8. The summed E-state index contributed by atoms with van der Waals surface area (Å²) in [6.07, 6.45) is 9.70. The van der Waals surface area contributed by atoms with Crippen LogP contribution in [0.5, 0.6) is 5.75 Å². The fourth-order valence-electron chi connectivity index (χ4n) is 16.8. The van der Waals surface area contributed by atoms with Crippen LogP contribution in [-0.4, -0.2) is 288 Å². The van der Waals surface area contributed by atoms with Gasteiger partial charge in [-0.1, -0.05) is 58.2 Å². The second-order valence-electron chi connectivity index (χ2n) is 33.1. The van der Waals surface area contributed by atoms with Crippen molar-refractivity contribution in [1.82, 2.24) is 50.8 Å². The van der Waals surface area contributed by atoms with E-state index < -0.39 is 47.7 Å². The number of anilines is 6. The molecule has 4 atom stereocenters. The molecule has 37 heteroatoms. The van der Waals surface area contributed by atoms with Gasteiger partial charge in [-0.25, -0.2) is 9.78 Å². The number of carbonyl (C=O) groups excluding carboxylic acids is 13. The molecule has 1 unspecified atom stereocenters. The molecule has 8 N–H and O–H groups in total. The normalized spacial score (nSPS) is 18.0. The molecule has 1 aromatic heterocycles. The molecule has 5 fully saturated rings. The van der Waals surface area contributed by atoms with Crippen LogP contribution in [0.4, 0.5) is 39.3 Å². The van der Waals surface area contributed by atoms with Gasteiger partial charge < -0.3 is 99.6 Å². The fourth-order valence-corrected chi connectivity index (χ4v) is 16.8. The minimum Gasteiger partial charge on any atom is -0.495 e. The number of hydrogen-bond acceptors (Lipinski definition) is 27. The van der Waals surface area contributed by atoms with Gasteiger partial charge in [-0.3, -0.25) is 67.8 Å². The van der Waals surface area contributed by atoms with E-state index >= 15 is 0 Å². The number of hydrogen-bond donors (Lipinski definition) is 7. The van der Waals surface area contributed by atoms with Crippen LogP contribution in [-0.2, 0) is 94.3 Å². The van der Waals surface area contributed by atoms with E-state index in [9.17, 15) is 62.3 Å². The Labute approximate surface area is 734 Å². The largest absolute Gasteiger partial charge is 0.495 e. The third-order valence-electron chi connectivity index (χ3n) is 24.0. The molecule has 12 amide bonds. The minimum atomic E-state index is -1.04. The third kappa shape index (κ3) is 27.1. The fraction of sp³-hybridized carbons (Fsp3) is 0.607. The van der Waals surface area contributed by atoms with Gasteiger partial charge in [0.05, 0.1) is 97.7 Å². The van der Waals surface area contributed by atoms with Gasteiger partial charge in [0.2, 0.25) is 59.1 Å². The summed E-state index contributed by atoms with van der Waals surface area (Å²) in [6.45, 7) is 13.0. The Balaban J connectivity index is 0.600. The van der Waals surface area contributed by atoms with E-state index in [1.54, 1.807) is 84.8 Å². The van der Waals surface area contributed by atoms with Crippen molar-refractivity contribution in [3.05, 3.63) is 89.1 Å². The molecular weight excluding hydrogens is 1630 g/mol. The third-order valence-corrected chi connectivity index (χ3v) is 24.0. The van der Waals surface area contributed by atoms with Crippen molar-refractivity contribution in [2.75, 3.05) is 171 Å². The molecule has 0 spiro atoms. The number of ketones is 1. The molecule has 1 saturated carbocycles. The molecule has 6 aliphatic heterocycles. The van der Waals surface area contributed by atoms with Crippen LogP contribution in [0.15, 0.2) is 66.9 Å². The maximum atomic E-state index is 14.4. The van der Waals surface area contributed by atoms with E-state index in [1.165, 1.54) is 4.90 Å². The van der Waals surface area contributed by atoms with Gasteiger partial charge in [0.15, 0.2) is 5.82 Å². The first-order valence-electron chi connectivity index (χ1n) is 44.4. The number of primary amides is 1. The number of fused-ring (bicyclic) bond motifs is 2. The minimum absolute atomic E-state index is 0.0363. The lowest BCUT2D eigenvalue weighted by Crippen LogP contribution is -2.61. The molecule has 686 valence electrons. The Morgan fingerprint density at radius 1 is 0.714 bits per heavy atom. The number of unbranched alkanes of at least 4 members (excludes halogenated alkanes) is 1. The van der Waals surface area contributed by atoms with Crippen LogP contribution in [0.3, 0.4) is 0 Å². The van der Waals surface area contributed by atoms with Crippen molar-refractivity contribution >= 4 is 111 Å². The van der Waals surface area contributed by atoms with Gasteiger partial charge in [0, 0.05) is 164 Å². The van der Waals surface area contributed by atoms with E-state index in [0.717, 1.165) is 73.6 Å². The van der Waals surface area contributed by atoms with Crippen LogP contribution in [0, 0.1) is 11.8 Å². The number of nitrogens with zero attached hydrogens (tertiary/aromatic N) is 9. The molecule has 1 aliphatic carbocycles. The first-order chi connectivity index (χ1) is 60.9. The van der Waals surface area contributed by atoms with Crippen molar-refractivity contribution in [3.8, 4) is 5.75 Å². The van der Waals surface area contributed by atoms with Crippen molar-refractivity contribution in [2.24, 2.45) is 17.6 Å². The number of methoxy groups -OCH3 is 1. The summed E-state index contributed by atoms with van der Waals surface area (Å²) in [4.78, 5) is 191. The number of nitrogens with two attached hydrogens (primary N) is 1. The summed E-state index contributed by atoms with van der Waals surface area (Å²) in [5.74, 6) is -3.34. The Kier molecular flexibility index (Phi) is 36.7. The highest BCUT2D eigenvalue weighted by Crippen LogP contribution is 2.42. The predicted octanol–water partition coefficient (Wildman–Crippen LogP) is 5.45. The topological polar surface area (TPSA) is 442 Å². The van der Waals surface area contributed by atoms with Gasteiger partial charge in [0.1, 0.15) is 42.0 Å². The first kappa shape index (κ1) is 95.8. The predicted molar refractivity (Wildman–Crippen MR) is 463 cm³/mol. The highest BCUT2D eigenvalue weighted by Gasteiger charge is 2.45. The Morgan fingerprint density at radius 2 is 1.40 bits per heavy atom. The molecule has 37 nitrogen and oxygen atoms in total. The molecular formula is C89H124N16O21. The van der Waals surface area contributed by atoms with Crippen LogP contribution in [0.1, 0.15) is 175 Å². The van der Waals surface area contributed by atoms with E-state index in [0.29, 0.717) is 150 Å². The zero-order valence-electron chi connectivity index (χ0n) is 73.1. The number of benzene rings is 3. The smallest absolute Gasteiger partial charge is 0.410 e. The summed E-state index contributed by atoms with van der Waals surface area (Å²) in [5.41, 5.74) is 10.2. The number of piperidine rings is 2. The summed E-state index contributed by atoms with van der Waals surface area (Å²) in [5, 5.41) is 17.4. The highest BCUT2D eigenvalue weighted by molar-refractivity contribution is 6.07. The molecule has 0 bridgehead atoms. The van der Waals surface area contributed by atoms with Crippen LogP contribution in [0.2, 0.25) is 0 Å². The van der Waals surface area contributed by atoms with Crippen molar-refractivity contribution < 1.29 is 100 Å². The summed E-state index contributed by atoms with van der Waals surface area (Å²) in [6, 6.07) is 15.1. The number of aromatic nitrogens is 2. The number of likely N-dealkylation sites (tertiary alicyclic amines) is 2. The second kappa shape index (κ2) is 48.2. The standard InChI is InChI=1S/C89H124N16O21/c1-6-71-87(117)99(4)74-53-92-88(98-81(74)105(71)63-13-7-8-14-63)96-69-24-21-60(51-75(69)119-5)82(112)93-62-29-35-100(36-30-62)38-42-120-39-12-34-102(64-54-101(55-64)72-17-11-15-66-68(72)56-104(86(66)116)73-25-26-78(109)97-85(73)115)89(118)126-57-59-19-22-61(23-20-59)94-84(114)70(16-9-10-18-76(90)107)95-83(113)67(58(2)3)52-65(106)32-40-121-43-45-123-47-49-125-50-48-124-46-44-122-41-33-91-77(108)31-37-103-79(110)27-28-80(103)111/h11,15,17,19-24,51,53,58,62-64,67,70-71,73H,6-10,12-14,16,18,25-50,52,54-57H2,1-5H3,(H2,90,107)(H,91,108)(H,93,112)(H,94,114)(H,95,113)(H,92,96,98)(H,97,109,115)/t67-,70-,71+,73?/m0/s1. The second-order valence-corrected chi connectivity index (χ2v) is 33.1. The van der Waals surface area contributed by atoms with E-state index in [1.807, 2.05) is 26.8 Å². The first-order valence-corrected chi connectivity index (χ1v) is 44.4. The van der Waals surface area contributed by atoms with Crippen LogP contribution < -0.4 is 57.1 Å². The number of nitrogens with one attached hydrogen (secondary N) is 6. The van der Waals surface area contributed by atoms with E-state index in [4.69, 9.17) is 48.6 Å². The maximum Gasteiger partial charge on any atom is 0.410 e.